The molecule has 2 aromatic carbocycles. The number of ether oxygens (including phenoxy) is 3. The van der Waals surface area contributed by atoms with Gasteiger partial charge in [0.2, 0.25) is 0 Å². The first kappa shape index (κ1) is 16.5. The molecule has 1 aliphatic rings. The van der Waals surface area contributed by atoms with Crippen LogP contribution in [-0.4, -0.2) is 24.8 Å². The van der Waals surface area contributed by atoms with Crippen molar-refractivity contribution in [3.05, 3.63) is 52.5 Å². The smallest absolute Gasteiger partial charge is 0.306 e. The van der Waals surface area contributed by atoms with E-state index in [0.717, 1.165) is 16.9 Å². The van der Waals surface area contributed by atoms with Crippen LogP contribution in [0.3, 0.4) is 0 Å². The first-order valence-electron chi connectivity index (χ1n) is 7.50. The Hall–Kier alpha value is -2.40. The lowest BCUT2D eigenvalue weighted by Crippen LogP contribution is -2.09. The summed E-state index contributed by atoms with van der Waals surface area (Å²) in [6, 6.07) is 10.3. The molecule has 0 spiro atoms. The van der Waals surface area contributed by atoms with E-state index in [0.29, 0.717) is 23.8 Å². The van der Waals surface area contributed by atoms with Crippen LogP contribution in [0.5, 0.6) is 17.2 Å². The molecular weight excluding hydrogens is 332 g/mol. The van der Waals surface area contributed by atoms with E-state index in [2.05, 4.69) is 0 Å². The summed E-state index contributed by atoms with van der Waals surface area (Å²) in [5.41, 5.74) is 1.76. The number of phenolic OH excluding ortho intramolecular Hbond substituents is 1. The van der Waals surface area contributed by atoms with E-state index in [1.165, 1.54) is 13.2 Å². The van der Waals surface area contributed by atoms with Crippen LogP contribution in [-0.2, 0) is 16.1 Å². The van der Waals surface area contributed by atoms with Crippen molar-refractivity contribution in [1.82, 2.24) is 0 Å². The number of halogens is 1. The molecule has 0 bridgehead atoms. The minimum absolute atomic E-state index is 0.00745. The molecular formula is C18H17ClO5. The molecule has 1 heterocycles. The molecule has 0 fully saturated rings. The van der Waals surface area contributed by atoms with Gasteiger partial charge in [0.25, 0.3) is 0 Å². The zero-order valence-corrected chi connectivity index (χ0v) is 13.9. The van der Waals surface area contributed by atoms with Crippen molar-refractivity contribution in [1.29, 1.82) is 0 Å². The minimum atomic E-state index is -0.251. The van der Waals surface area contributed by atoms with Crippen molar-refractivity contribution in [3.63, 3.8) is 0 Å². The van der Waals surface area contributed by atoms with Crippen LogP contribution in [0.25, 0.3) is 0 Å². The lowest BCUT2D eigenvalue weighted by molar-refractivity contribution is -0.141. The highest BCUT2D eigenvalue weighted by Gasteiger charge is 2.27. The van der Waals surface area contributed by atoms with Gasteiger partial charge in [0.05, 0.1) is 25.2 Å². The Bertz CT molecular complexity index is 759. The molecule has 1 N–H and O–H groups in total. The van der Waals surface area contributed by atoms with Gasteiger partial charge in [-0.15, -0.1) is 0 Å². The molecule has 0 aliphatic carbocycles. The van der Waals surface area contributed by atoms with E-state index < -0.39 is 0 Å². The lowest BCUT2D eigenvalue weighted by atomic mass is 9.98. The SMILES string of the molecule is COC(=O)CC1COc2cc(OCc3ccc(O)cc3Cl)ccc21. The molecule has 0 aromatic heterocycles. The predicted molar refractivity (Wildman–Crippen MR) is 88.8 cm³/mol. The second kappa shape index (κ2) is 7.01. The maximum atomic E-state index is 11.4. The maximum Gasteiger partial charge on any atom is 0.306 e. The van der Waals surface area contributed by atoms with E-state index >= 15 is 0 Å². The number of hydrogen-bond donors (Lipinski definition) is 1. The summed E-state index contributed by atoms with van der Waals surface area (Å²) >= 11 is 6.06. The van der Waals surface area contributed by atoms with Crippen molar-refractivity contribution in [2.45, 2.75) is 18.9 Å². The van der Waals surface area contributed by atoms with Gasteiger partial charge in [0, 0.05) is 23.1 Å². The highest BCUT2D eigenvalue weighted by atomic mass is 35.5. The largest absolute Gasteiger partial charge is 0.508 e. The number of phenols is 1. The number of aromatic hydroxyl groups is 1. The molecule has 126 valence electrons. The molecule has 0 saturated carbocycles. The molecule has 0 saturated heterocycles. The Labute approximate surface area is 144 Å². The third-order valence-electron chi connectivity index (χ3n) is 3.94. The quantitative estimate of drug-likeness (QED) is 0.835. The molecule has 6 heteroatoms. The summed E-state index contributed by atoms with van der Waals surface area (Å²) in [6.45, 7) is 0.737. The third-order valence-corrected chi connectivity index (χ3v) is 4.29. The third kappa shape index (κ3) is 3.57. The van der Waals surface area contributed by atoms with E-state index in [4.69, 9.17) is 25.8 Å². The van der Waals surface area contributed by atoms with Crippen LogP contribution >= 0.6 is 11.6 Å². The normalized spacial score (nSPS) is 15.5. The van der Waals surface area contributed by atoms with Crippen molar-refractivity contribution in [3.8, 4) is 17.2 Å². The molecule has 3 rings (SSSR count). The molecule has 1 unspecified atom stereocenters. The molecule has 1 atom stereocenters. The van der Waals surface area contributed by atoms with Crippen LogP contribution in [0.15, 0.2) is 36.4 Å². The molecule has 0 amide bonds. The van der Waals surface area contributed by atoms with Crippen LogP contribution in [0.4, 0.5) is 0 Å². The molecule has 2 aromatic rings. The van der Waals surface area contributed by atoms with Gasteiger partial charge in [0.15, 0.2) is 0 Å². The van der Waals surface area contributed by atoms with E-state index in [1.54, 1.807) is 18.2 Å². The van der Waals surface area contributed by atoms with Gasteiger partial charge in [-0.1, -0.05) is 23.7 Å². The lowest BCUT2D eigenvalue weighted by Gasteiger charge is -2.10. The summed E-state index contributed by atoms with van der Waals surface area (Å²) in [5, 5.41) is 9.81. The van der Waals surface area contributed by atoms with Crippen LogP contribution in [0.1, 0.15) is 23.5 Å². The Morgan fingerprint density at radius 1 is 1.33 bits per heavy atom. The fourth-order valence-electron chi connectivity index (χ4n) is 2.61. The van der Waals surface area contributed by atoms with Crippen molar-refractivity contribution in [2.75, 3.05) is 13.7 Å². The summed E-state index contributed by atoms with van der Waals surface area (Å²) in [4.78, 5) is 11.4. The summed E-state index contributed by atoms with van der Waals surface area (Å²) in [5.74, 6) is 1.24. The van der Waals surface area contributed by atoms with Gasteiger partial charge in [-0.25, -0.2) is 0 Å². The first-order valence-corrected chi connectivity index (χ1v) is 7.88. The fourth-order valence-corrected chi connectivity index (χ4v) is 2.84. The average Bonchev–Trinajstić information content (AvgIpc) is 2.96. The van der Waals surface area contributed by atoms with Gasteiger partial charge < -0.3 is 19.3 Å². The van der Waals surface area contributed by atoms with Gasteiger partial charge in [-0.05, 0) is 18.2 Å². The van der Waals surface area contributed by atoms with Gasteiger partial charge in [-0.3, -0.25) is 4.79 Å². The Balaban J connectivity index is 1.67. The van der Waals surface area contributed by atoms with E-state index in [9.17, 15) is 9.90 Å². The zero-order valence-electron chi connectivity index (χ0n) is 13.1. The average molecular weight is 349 g/mol. The number of carbonyl (C=O) groups is 1. The number of esters is 1. The topological polar surface area (TPSA) is 65.0 Å². The number of hydrogen-bond acceptors (Lipinski definition) is 5. The summed E-state index contributed by atoms with van der Waals surface area (Å²) < 4.78 is 16.1. The standard InChI is InChI=1S/C18H17ClO5/c1-22-18(21)6-12-10-24-17-8-14(4-5-15(12)17)23-9-11-2-3-13(20)7-16(11)19/h2-5,7-8,12,20H,6,9-10H2,1H3. The van der Waals surface area contributed by atoms with Crippen LogP contribution in [0, 0.1) is 0 Å². The second-order valence-corrected chi connectivity index (χ2v) is 5.96. The Morgan fingerprint density at radius 2 is 2.17 bits per heavy atom. The van der Waals surface area contributed by atoms with Gasteiger partial charge in [0.1, 0.15) is 23.9 Å². The zero-order chi connectivity index (χ0) is 17.1. The fraction of sp³-hybridized carbons (Fsp3) is 0.278. The van der Waals surface area contributed by atoms with E-state index in [-0.39, 0.29) is 24.2 Å². The molecule has 5 nitrogen and oxygen atoms in total. The van der Waals surface area contributed by atoms with Crippen molar-refractivity contribution < 1.29 is 24.1 Å². The highest BCUT2D eigenvalue weighted by molar-refractivity contribution is 6.31. The number of rotatable bonds is 5. The molecule has 1 aliphatic heterocycles. The number of methoxy groups -OCH3 is 1. The molecule has 24 heavy (non-hydrogen) atoms. The Kier molecular flexibility index (Phi) is 4.81. The van der Waals surface area contributed by atoms with Gasteiger partial charge in [-0.2, -0.15) is 0 Å². The summed E-state index contributed by atoms with van der Waals surface area (Å²) in [7, 11) is 1.38. The number of benzene rings is 2. The first-order chi connectivity index (χ1) is 11.6. The maximum absolute atomic E-state index is 11.4. The molecule has 0 radical (unpaired) electrons. The van der Waals surface area contributed by atoms with Crippen LogP contribution in [0.2, 0.25) is 5.02 Å². The predicted octanol–water partition coefficient (Wildman–Crippen LogP) is 3.66. The van der Waals surface area contributed by atoms with Crippen molar-refractivity contribution in [2.24, 2.45) is 0 Å². The summed E-state index contributed by atoms with van der Waals surface area (Å²) in [6.07, 6.45) is 0.298. The van der Waals surface area contributed by atoms with Crippen LogP contribution < -0.4 is 9.47 Å². The van der Waals surface area contributed by atoms with E-state index in [1.807, 2.05) is 12.1 Å². The minimum Gasteiger partial charge on any atom is -0.508 e. The van der Waals surface area contributed by atoms with Gasteiger partial charge >= 0.3 is 5.97 Å². The monoisotopic (exact) mass is 348 g/mol. The number of carbonyl (C=O) groups excluding carboxylic acids is 1. The second-order valence-electron chi connectivity index (χ2n) is 5.55. The van der Waals surface area contributed by atoms with Crippen molar-refractivity contribution >= 4 is 17.6 Å². The number of fused-ring (bicyclic) bond motifs is 1. The Morgan fingerprint density at radius 3 is 2.92 bits per heavy atom. The highest BCUT2D eigenvalue weighted by Crippen LogP contribution is 2.38.